The molecule has 6 nitrogen and oxygen atoms in total. The first-order chi connectivity index (χ1) is 5.51. The van der Waals surface area contributed by atoms with Crippen molar-refractivity contribution in [1.29, 1.82) is 0 Å². The van der Waals surface area contributed by atoms with Crippen LogP contribution in [0.4, 0.5) is 0 Å². The molecule has 70 valence electrons. The molecule has 0 rings (SSSR count). The van der Waals surface area contributed by atoms with Crippen molar-refractivity contribution in [2.75, 3.05) is 13.1 Å². The van der Waals surface area contributed by atoms with E-state index in [0.717, 1.165) is 0 Å². The number of carbonyl (C=O) groups excluding carboxylic acids is 2. The summed E-state index contributed by atoms with van der Waals surface area (Å²) in [6.45, 7) is -0.311. The molecule has 0 aromatic rings. The molecule has 2 atom stereocenters. The summed E-state index contributed by atoms with van der Waals surface area (Å²) in [5.41, 5.74) is 19.2. The van der Waals surface area contributed by atoms with E-state index in [1.54, 1.807) is 0 Å². The van der Waals surface area contributed by atoms with Crippen molar-refractivity contribution in [1.82, 2.24) is 0 Å². The van der Waals surface area contributed by atoms with Crippen LogP contribution in [0.25, 0.3) is 0 Å². The molecule has 0 saturated heterocycles. The summed E-state index contributed by atoms with van der Waals surface area (Å²) < 4.78 is 0. The van der Waals surface area contributed by atoms with E-state index >= 15 is 0 Å². The van der Waals surface area contributed by atoms with Crippen molar-refractivity contribution in [3.8, 4) is 0 Å². The lowest BCUT2D eigenvalue weighted by Gasteiger charge is -2.22. The number of aldehydes is 1. The number of hydrogen-bond donors (Lipinski definition) is 4. The molecule has 0 aliphatic carbocycles. The Balaban J connectivity index is 4.52. The molecule has 0 fully saturated rings. The molecule has 0 aromatic carbocycles. The summed E-state index contributed by atoms with van der Waals surface area (Å²) in [7, 11) is 0. The van der Waals surface area contributed by atoms with E-state index in [9.17, 15) is 9.59 Å². The highest BCUT2D eigenvalue weighted by Crippen LogP contribution is 1.98. The maximum atomic E-state index is 11.2. The van der Waals surface area contributed by atoms with Gasteiger partial charge in [0.05, 0.1) is 6.04 Å². The zero-order chi connectivity index (χ0) is 9.78. The normalized spacial score (nSPS) is 18.0. The smallest absolute Gasteiger partial charge is 0.179 e. The Morgan fingerprint density at radius 3 is 2.25 bits per heavy atom. The second kappa shape index (κ2) is 4.27. The largest absolute Gasteiger partial charge is 0.328 e. The average Bonchev–Trinajstić information content (AvgIpc) is 2.14. The molecule has 0 heterocycles. The van der Waals surface area contributed by atoms with Gasteiger partial charge in [0.2, 0.25) is 0 Å². The second-order valence-corrected chi connectivity index (χ2v) is 2.57. The van der Waals surface area contributed by atoms with Crippen LogP contribution in [0, 0.1) is 0 Å². The Morgan fingerprint density at radius 2 is 2.00 bits per heavy atom. The second-order valence-electron chi connectivity index (χ2n) is 2.57. The fraction of sp³-hybridized carbons (Fsp3) is 0.667. The van der Waals surface area contributed by atoms with Crippen LogP contribution < -0.4 is 22.9 Å². The van der Waals surface area contributed by atoms with Crippen LogP contribution in [0.15, 0.2) is 0 Å². The van der Waals surface area contributed by atoms with Crippen molar-refractivity contribution in [2.24, 2.45) is 22.9 Å². The van der Waals surface area contributed by atoms with Gasteiger partial charge in [-0.3, -0.25) is 4.79 Å². The van der Waals surface area contributed by atoms with E-state index in [4.69, 9.17) is 22.9 Å². The van der Waals surface area contributed by atoms with E-state index in [1.807, 2.05) is 0 Å². The maximum absolute atomic E-state index is 11.2. The highest BCUT2D eigenvalue weighted by Gasteiger charge is 2.35. The minimum absolute atomic E-state index is 0.0500. The van der Waals surface area contributed by atoms with Gasteiger partial charge in [0, 0.05) is 13.1 Å². The van der Waals surface area contributed by atoms with E-state index in [-0.39, 0.29) is 13.1 Å². The molecule has 6 heteroatoms. The van der Waals surface area contributed by atoms with Crippen molar-refractivity contribution in [2.45, 2.75) is 11.6 Å². The highest BCUT2D eigenvalue weighted by molar-refractivity contribution is 6.05. The van der Waals surface area contributed by atoms with Gasteiger partial charge in [-0.2, -0.15) is 0 Å². The third-order valence-electron chi connectivity index (χ3n) is 1.60. The van der Waals surface area contributed by atoms with Gasteiger partial charge in [0.1, 0.15) is 11.8 Å². The lowest BCUT2D eigenvalue weighted by Crippen LogP contribution is -2.62. The molecule has 12 heavy (non-hydrogen) atoms. The molecule has 8 N–H and O–H groups in total. The van der Waals surface area contributed by atoms with Crippen LogP contribution in [-0.4, -0.2) is 36.7 Å². The molecule has 2 unspecified atom stereocenters. The van der Waals surface area contributed by atoms with Crippen LogP contribution in [0.2, 0.25) is 0 Å². The Morgan fingerprint density at radius 1 is 1.50 bits per heavy atom. The predicted octanol–water partition coefficient (Wildman–Crippen LogP) is -3.30. The summed E-state index contributed by atoms with van der Waals surface area (Å²) in [4.78, 5) is 21.6. The molecule has 0 radical (unpaired) electrons. The number of hydrogen-bond acceptors (Lipinski definition) is 6. The quantitative estimate of drug-likeness (QED) is 0.254. The van der Waals surface area contributed by atoms with Crippen LogP contribution >= 0.6 is 0 Å². The van der Waals surface area contributed by atoms with Gasteiger partial charge < -0.3 is 27.7 Å². The van der Waals surface area contributed by atoms with Crippen LogP contribution in [0.1, 0.15) is 0 Å². The molecule has 0 aliphatic heterocycles. The molecule has 0 aliphatic rings. The number of nitrogens with two attached hydrogens (primary N) is 4. The summed E-state index contributed by atoms with van der Waals surface area (Å²) >= 11 is 0. The maximum Gasteiger partial charge on any atom is 0.179 e. The summed E-state index contributed by atoms with van der Waals surface area (Å²) in [6, 6.07) is -0.927. The highest BCUT2D eigenvalue weighted by atomic mass is 16.1. The van der Waals surface area contributed by atoms with Gasteiger partial charge >= 0.3 is 0 Å². The lowest BCUT2D eigenvalue weighted by molar-refractivity contribution is -0.129. The lowest BCUT2D eigenvalue weighted by atomic mass is 9.92. The van der Waals surface area contributed by atoms with Crippen molar-refractivity contribution < 1.29 is 9.59 Å². The average molecular weight is 174 g/mol. The van der Waals surface area contributed by atoms with Crippen LogP contribution in [0.3, 0.4) is 0 Å². The first kappa shape index (κ1) is 11.2. The molecule has 0 amide bonds. The van der Waals surface area contributed by atoms with Crippen LogP contribution in [-0.2, 0) is 9.59 Å². The summed E-state index contributed by atoms with van der Waals surface area (Å²) in [6.07, 6.45) is 0.296. The van der Waals surface area contributed by atoms with Gasteiger partial charge in [-0.15, -0.1) is 0 Å². The van der Waals surface area contributed by atoms with Crippen molar-refractivity contribution in [3.63, 3.8) is 0 Å². The molecular weight excluding hydrogens is 160 g/mol. The Kier molecular flexibility index (Phi) is 3.98. The first-order valence-corrected chi connectivity index (χ1v) is 3.47. The molecule has 0 spiro atoms. The van der Waals surface area contributed by atoms with Gasteiger partial charge in [-0.25, -0.2) is 0 Å². The SMILES string of the molecule is NCC(N)C(=O)C(N)(C=O)CN. The Hall–Kier alpha value is -0.820. The molecule has 0 bridgehead atoms. The van der Waals surface area contributed by atoms with Crippen molar-refractivity contribution >= 4 is 12.1 Å². The van der Waals surface area contributed by atoms with E-state index < -0.39 is 17.4 Å². The predicted molar refractivity (Wildman–Crippen MR) is 44.1 cm³/mol. The molecule has 0 saturated carbocycles. The van der Waals surface area contributed by atoms with Gasteiger partial charge in [-0.1, -0.05) is 0 Å². The Bertz CT molecular complexity index is 184. The topological polar surface area (TPSA) is 138 Å². The standard InChI is InChI=1S/C6H14N4O2/c7-1-4(9)5(12)6(10,2-8)3-11/h3-4H,1-2,7-10H2. The zero-order valence-corrected chi connectivity index (χ0v) is 6.69. The van der Waals surface area contributed by atoms with Gasteiger partial charge in [-0.05, 0) is 0 Å². The Labute approximate surface area is 70.2 Å². The monoisotopic (exact) mass is 174 g/mol. The number of rotatable bonds is 5. The fourth-order valence-electron chi connectivity index (χ4n) is 0.659. The summed E-state index contributed by atoms with van der Waals surface area (Å²) in [5.74, 6) is -0.623. The number of carbonyl (C=O) groups is 2. The zero-order valence-electron chi connectivity index (χ0n) is 6.69. The van der Waals surface area contributed by atoms with E-state index in [1.165, 1.54) is 0 Å². The molecular formula is C6H14N4O2. The number of Topliss-reactive ketones (excluding diaryl/α,β-unsaturated/α-hetero) is 1. The first-order valence-electron chi connectivity index (χ1n) is 3.47. The minimum Gasteiger partial charge on any atom is -0.328 e. The van der Waals surface area contributed by atoms with Crippen LogP contribution in [0.5, 0.6) is 0 Å². The fourth-order valence-corrected chi connectivity index (χ4v) is 0.659. The van der Waals surface area contributed by atoms with E-state index in [0.29, 0.717) is 6.29 Å². The van der Waals surface area contributed by atoms with E-state index in [2.05, 4.69) is 0 Å². The van der Waals surface area contributed by atoms with Gasteiger partial charge in [0.25, 0.3) is 0 Å². The minimum atomic E-state index is -1.68. The van der Waals surface area contributed by atoms with Gasteiger partial charge in [0.15, 0.2) is 5.78 Å². The third kappa shape index (κ3) is 2.08. The number of ketones is 1. The third-order valence-corrected chi connectivity index (χ3v) is 1.60. The van der Waals surface area contributed by atoms with Crippen molar-refractivity contribution in [3.05, 3.63) is 0 Å². The summed E-state index contributed by atoms with van der Waals surface area (Å²) in [5, 5.41) is 0. The molecule has 0 aromatic heterocycles.